The molecule has 0 aliphatic heterocycles. The number of unbranched alkanes of at least 4 members (excludes halogenated alkanes) is 3. The van der Waals surface area contributed by atoms with Gasteiger partial charge in [0.15, 0.2) is 0 Å². The summed E-state index contributed by atoms with van der Waals surface area (Å²) in [5.74, 6) is 0. The standard InChI is InChI=1S/C11H25NO2/c1-3-4-5-6-9-14-11-8-12-7-10-13-2/h12H,3-11H2,1-2H3. The first kappa shape index (κ1) is 13.9. The second kappa shape index (κ2) is 12.9. The summed E-state index contributed by atoms with van der Waals surface area (Å²) in [5.41, 5.74) is 0. The van der Waals surface area contributed by atoms with Crippen LogP contribution < -0.4 is 5.32 Å². The highest BCUT2D eigenvalue weighted by atomic mass is 16.5. The van der Waals surface area contributed by atoms with E-state index in [9.17, 15) is 0 Å². The topological polar surface area (TPSA) is 30.5 Å². The minimum atomic E-state index is 0.774. The summed E-state index contributed by atoms with van der Waals surface area (Å²) < 4.78 is 10.4. The molecule has 86 valence electrons. The molecule has 0 aromatic heterocycles. The molecule has 0 fully saturated rings. The lowest BCUT2D eigenvalue weighted by molar-refractivity contribution is 0.128. The van der Waals surface area contributed by atoms with E-state index in [0.717, 1.165) is 32.9 Å². The van der Waals surface area contributed by atoms with Crippen molar-refractivity contribution in [2.75, 3.05) is 40.0 Å². The van der Waals surface area contributed by atoms with Crippen LogP contribution in [0.2, 0.25) is 0 Å². The van der Waals surface area contributed by atoms with Crippen LogP contribution in [0.3, 0.4) is 0 Å². The molecule has 0 saturated heterocycles. The first-order valence-corrected chi connectivity index (χ1v) is 5.69. The molecule has 3 nitrogen and oxygen atoms in total. The fourth-order valence-corrected chi connectivity index (χ4v) is 1.18. The van der Waals surface area contributed by atoms with Gasteiger partial charge in [-0.15, -0.1) is 0 Å². The largest absolute Gasteiger partial charge is 0.383 e. The van der Waals surface area contributed by atoms with Crippen molar-refractivity contribution in [1.29, 1.82) is 0 Å². The Bertz CT molecular complexity index is 87.3. The zero-order valence-electron chi connectivity index (χ0n) is 9.68. The van der Waals surface area contributed by atoms with Crippen molar-refractivity contribution in [2.45, 2.75) is 32.6 Å². The predicted molar refractivity (Wildman–Crippen MR) is 59.7 cm³/mol. The predicted octanol–water partition coefficient (Wildman–Crippen LogP) is 1.82. The molecule has 0 amide bonds. The highest BCUT2D eigenvalue weighted by Gasteiger charge is 1.90. The van der Waals surface area contributed by atoms with Gasteiger partial charge in [-0.1, -0.05) is 26.2 Å². The Labute approximate surface area is 88.2 Å². The molecule has 0 radical (unpaired) electrons. The number of hydrogen-bond donors (Lipinski definition) is 1. The van der Waals surface area contributed by atoms with Crippen LogP contribution in [0.5, 0.6) is 0 Å². The molecule has 14 heavy (non-hydrogen) atoms. The third-order valence-electron chi connectivity index (χ3n) is 2.05. The molecule has 0 saturated carbocycles. The average Bonchev–Trinajstić information content (AvgIpc) is 2.21. The van der Waals surface area contributed by atoms with E-state index in [-0.39, 0.29) is 0 Å². The highest BCUT2D eigenvalue weighted by Crippen LogP contribution is 1.98. The Morgan fingerprint density at radius 2 is 1.71 bits per heavy atom. The van der Waals surface area contributed by atoms with Crippen LogP contribution in [0, 0.1) is 0 Å². The lowest BCUT2D eigenvalue weighted by Gasteiger charge is -2.05. The quantitative estimate of drug-likeness (QED) is 0.520. The number of ether oxygens (including phenoxy) is 2. The van der Waals surface area contributed by atoms with Crippen molar-refractivity contribution in [3.63, 3.8) is 0 Å². The maximum Gasteiger partial charge on any atom is 0.0590 e. The van der Waals surface area contributed by atoms with Crippen LogP contribution in [-0.4, -0.2) is 40.0 Å². The van der Waals surface area contributed by atoms with Crippen molar-refractivity contribution >= 4 is 0 Å². The Hall–Kier alpha value is -0.120. The van der Waals surface area contributed by atoms with Gasteiger partial charge in [0.2, 0.25) is 0 Å². The minimum Gasteiger partial charge on any atom is -0.383 e. The molecule has 0 spiro atoms. The lowest BCUT2D eigenvalue weighted by atomic mass is 10.2. The Kier molecular flexibility index (Phi) is 12.8. The number of nitrogens with one attached hydrogen (secondary N) is 1. The Morgan fingerprint density at radius 1 is 0.929 bits per heavy atom. The maximum absolute atomic E-state index is 5.46. The van der Waals surface area contributed by atoms with Gasteiger partial charge in [-0.2, -0.15) is 0 Å². The van der Waals surface area contributed by atoms with Crippen molar-refractivity contribution in [1.82, 2.24) is 5.32 Å². The highest BCUT2D eigenvalue weighted by molar-refractivity contribution is 4.45. The average molecular weight is 203 g/mol. The van der Waals surface area contributed by atoms with Crippen molar-refractivity contribution < 1.29 is 9.47 Å². The number of rotatable bonds is 11. The summed E-state index contributed by atoms with van der Waals surface area (Å²) in [4.78, 5) is 0. The monoisotopic (exact) mass is 203 g/mol. The van der Waals surface area contributed by atoms with Crippen molar-refractivity contribution in [2.24, 2.45) is 0 Å². The minimum absolute atomic E-state index is 0.774. The summed E-state index contributed by atoms with van der Waals surface area (Å²) in [5, 5.41) is 3.24. The van der Waals surface area contributed by atoms with E-state index in [4.69, 9.17) is 9.47 Å². The molecular formula is C11H25NO2. The zero-order valence-corrected chi connectivity index (χ0v) is 9.68. The summed E-state index contributed by atoms with van der Waals surface area (Å²) in [6, 6.07) is 0. The lowest BCUT2D eigenvalue weighted by Crippen LogP contribution is -2.23. The van der Waals surface area contributed by atoms with Crippen LogP contribution in [0.15, 0.2) is 0 Å². The molecule has 3 heteroatoms. The van der Waals surface area contributed by atoms with Crippen LogP contribution in [0.1, 0.15) is 32.6 Å². The molecule has 0 aromatic rings. The molecule has 0 rings (SSSR count). The normalized spacial score (nSPS) is 10.7. The van der Waals surface area contributed by atoms with Gasteiger partial charge in [-0.05, 0) is 6.42 Å². The van der Waals surface area contributed by atoms with Gasteiger partial charge in [0.25, 0.3) is 0 Å². The third-order valence-corrected chi connectivity index (χ3v) is 2.05. The van der Waals surface area contributed by atoms with Gasteiger partial charge >= 0.3 is 0 Å². The van der Waals surface area contributed by atoms with Crippen LogP contribution in [0.4, 0.5) is 0 Å². The SMILES string of the molecule is CCCCCCOCCNCCOC. The Balaban J connectivity index is 2.78. The van der Waals surface area contributed by atoms with Gasteiger partial charge in [-0.25, -0.2) is 0 Å². The molecule has 0 aliphatic carbocycles. The van der Waals surface area contributed by atoms with E-state index in [1.165, 1.54) is 25.7 Å². The Morgan fingerprint density at radius 3 is 2.43 bits per heavy atom. The number of methoxy groups -OCH3 is 1. The molecular weight excluding hydrogens is 178 g/mol. The van der Waals surface area contributed by atoms with Gasteiger partial charge in [-0.3, -0.25) is 0 Å². The second-order valence-corrected chi connectivity index (χ2v) is 3.42. The summed E-state index contributed by atoms with van der Waals surface area (Å²) >= 11 is 0. The molecule has 0 atom stereocenters. The van der Waals surface area contributed by atoms with E-state index in [1.807, 2.05) is 0 Å². The molecule has 0 aromatic carbocycles. The first-order valence-electron chi connectivity index (χ1n) is 5.69. The fraction of sp³-hybridized carbons (Fsp3) is 1.00. The van der Waals surface area contributed by atoms with Crippen LogP contribution in [-0.2, 0) is 9.47 Å². The smallest absolute Gasteiger partial charge is 0.0590 e. The van der Waals surface area contributed by atoms with Gasteiger partial charge < -0.3 is 14.8 Å². The molecule has 0 aliphatic rings. The maximum atomic E-state index is 5.46. The second-order valence-electron chi connectivity index (χ2n) is 3.42. The van der Waals surface area contributed by atoms with Gasteiger partial charge in [0.1, 0.15) is 0 Å². The molecule has 0 bridgehead atoms. The summed E-state index contributed by atoms with van der Waals surface area (Å²) in [7, 11) is 1.71. The number of hydrogen-bond acceptors (Lipinski definition) is 3. The van der Waals surface area contributed by atoms with E-state index >= 15 is 0 Å². The van der Waals surface area contributed by atoms with Crippen molar-refractivity contribution in [3.8, 4) is 0 Å². The van der Waals surface area contributed by atoms with E-state index in [2.05, 4.69) is 12.2 Å². The molecule has 1 N–H and O–H groups in total. The third kappa shape index (κ3) is 11.9. The first-order chi connectivity index (χ1) is 6.91. The van der Waals surface area contributed by atoms with Gasteiger partial charge in [0, 0.05) is 26.8 Å². The van der Waals surface area contributed by atoms with Crippen LogP contribution >= 0.6 is 0 Å². The van der Waals surface area contributed by atoms with Crippen molar-refractivity contribution in [3.05, 3.63) is 0 Å². The molecule has 0 unspecified atom stereocenters. The van der Waals surface area contributed by atoms with E-state index < -0.39 is 0 Å². The van der Waals surface area contributed by atoms with E-state index in [1.54, 1.807) is 7.11 Å². The zero-order chi connectivity index (χ0) is 10.5. The van der Waals surface area contributed by atoms with Crippen LogP contribution in [0.25, 0.3) is 0 Å². The van der Waals surface area contributed by atoms with E-state index in [0.29, 0.717) is 0 Å². The summed E-state index contributed by atoms with van der Waals surface area (Å²) in [6.07, 6.45) is 5.12. The van der Waals surface area contributed by atoms with Gasteiger partial charge in [0.05, 0.1) is 13.2 Å². The summed E-state index contributed by atoms with van der Waals surface area (Å²) in [6.45, 7) is 6.56. The molecule has 0 heterocycles. The fourth-order valence-electron chi connectivity index (χ4n) is 1.18.